The second kappa shape index (κ2) is 9.36. The third kappa shape index (κ3) is 4.98. The van der Waals surface area contributed by atoms with E-state index in [4.69, 9.17) is 0 Å². The van der Waals surface area contributed by atoms with Crippen LogP contribution in [0.1, 0.15) is 28.4 Å². The number of hydrogen-bond donors (Lipinski definition) is 0. The first-order chi connectivity index (χ1) is 16.4. The predicted molar refractivity (Wildman–Crippen MR) is 131 cm³/mol. The quantitative estimate of drug-likeness (QED) is 0.175. The molecule has 0 aliphatic carbocycles. The Labute approximate surface area is 211 Å². The van der Waals surface area contributed by atoms with E-state index in [9.17, 15) is 30.8 Å². The Balaban J connectivity index is 1.95. The average Bonchev–Trinajstić information content (AvgIpc) is 3.17. The fourth-order valence-electron chi connectivity index (χ4n) is 3.60. The molecule has 11 heteroatoms. The highest BCUT2D eigenvalue weighted by atomic mass is 79.9. The van der Waals surface area contributed by atoms with E-state index in [1.54, 1.807) is 24.3 Å². The van der Waals surface area contributed by atoms with Gasteiger partial charge in [-0.05, 0) is 55.0 Å². The molecule has 0 aliphatic rings. The molecule has 4 rings (SSSR count). The summed E-state index contributed by atoms with van der Waals surface area (Å²) in [6.07, 6.45) is -4.96. The van der Waals surface area contributed by atoms with Crippen LogP contribution < -0.4 is 4.31 Å². The van der Waals surface area contributed by atoms with Gasteiger partial charge in [-0.2, -0.15) is 13.2 Å². The van der Waals surface area contributed by atoms with Gasteiger partial charge in [0.1, 0.15) is 10.8 Å². The predicted octanol–water partition coefficient (Wildman–Crippen LogP) is 7.42. The number of nitrogens with zero attached hydrogens (tertiary/aromatic N) is 1. The molecule has 0 bridgehead atoms. The molecular formula is C24H16BrF4NO3S2. The number of thiophene rings is 1. The van der Waals surface area contributed by atoms with Crippen molar-refractivity contribution in [3.8, 4) is 0 Å². The van der Waals surface area contributed by atoms with E-state index in [0.29, 0.717) is 26.7 Å². The Morgan fingerprint density at radius 2 is 1.69 bits per heavy atom. The van der Waals surface area contributed by atoms with Crippen molar-refractivity contribution in [2.24, 2.45) is 0 Å². The molecule has 35 heavy (non-hydrogen) atoms. The maximum absolute atomic E-state index is 13.9. The monoisotopic (exact) mass is 585 g/mol. The van der Waals surface area contributed by atoms with Crippen LogP contribution in [0.4, 0.5) is 22.6 Å². The molecule has 182 valence electrons. The molecule has 3 aromatic carbocycles. The van der Waals surface area contributed by atoms with Gasteiger partial charge in [0, 0.05) is 14.6 Å². The molecule has 4 nitrogen and oxygen atoms in total. The fraction of sp³-hybridized carbons (Fsp3) is 0.125. The number of carbonyl (C=O) groups excluding carboxylic acids is 1. The van der Waals surface area contributed by atoms with Gasteiger partial charge in [0.05, 0.1) is 22.6 Å². The summed E-state index contributed by atoms with van der Waals surface area (Å²) in [5.41, 5.74) is -1.45. The van der Waals surface area contributed by atoms with Crippen molar-refractivity contribution < 1.29 is 30.8 Å². The van der Waals surface area contributed by atoms with Gasteiger partial charge >= 0.3 is 6.18 Å². The van der Waals surface area contributed by atoms with Crippen LogP contribution >= 0.6 is 27.3 Å². The Morgan fingerprint density at radius 1 is 1.03 bits per heavy atom. The Kier molecular flexibility index (Phi) is 6.78. The molecule has 1 heterocycles. The lowest BCUT2D eigenvalue weighted by Crippen LogP contribution is -2.31. The molecule has 0 fully saturated rings. The van der Waals surface area contributed by atoms with Crippen LogP contribution in [0.25, 0.3) is 10.1 Å². The van der Waals surface area contributed by atoms with Gasteiger partial charge in [0.15, 0.2) is 5.78 Å². The first kappa shape index (κ1) is 25.3. The number of sulfonamides is 1. The molecule has 0 atom stereocenters. The van der Waals surface area contributed by atoms with E-state index < -0.39 is 39.9 Å². The highest BCUT2D eigenvalue weighted by molar-refractivity contribution is 9.10. The van der Waals surface area contributed by atoms with Crippen molar-refractivity contribution in [1.82, 2.24) is 0 Å². The molecule has 4 aromatic rings. The van der Waals surface area contributed by atoms with Crippen LogP contribution in [0.3, 0.4) is 0 Å². The van der Waals surface area contributed by atoms with E-state index in [1.165, 1.54) is 31.2 Å². The molecule has 0 saturated heterocycles. The summed E-state index contributed by atoms with van der Waals surface area (Å²) in [7, 11) is -4.34. The normalized spacial score (nSPS) is 12.2. The summed E-state index contributed by atoms with van der Waals surface area (Å²) in [6, 6.07) is 14.9. The largest absolute Gasteiger partial charge is 0.419 e. The molecule has 0 unspecified atom stereocenters. The van der Waals surface area contributed by atoms with Gasteiger partial charge < -0.3 is 0 Å². The molecule has 0 N–H and O–H groups in total. The summed E-state index contributed by atoms with van der Waals surface area (Å²) < 4.78 is 83.5. The SMILES string of the molecule is CC(=O)c1c(N(Cc2ccc(F)c(C(F)(F)F)c2)S(=O)(=O)c2ccc(Br)cc2)sc2ccccc12. The summed E-state index contributed by atoms with van der Waals surface area (Å²) in [4.78, 5) is 12.5. The lowest BCUT2D eigenvalue weighted by atomic mass is 10.1. The minimum Gasteiger partial charge on any atom is -0.294 e. The first-order valence-corrected chi connectivity index (χ1v) is 13.1. The lowest BCUT2D eigenvalue weighted by Gasteiger charge is -2.25. The number of fused-ring (bicyclic) bond motifs is 1. The first-order valence-electron chi connectivity index (χ1n) is 10.1. The van der Waals surface area contributed by atoms with Crippen LogP contribution in [-0.4, -0.2) is 14.2 Å². The van der Waals surface area contributed by atoms with Crippen LogP contribution in [-0.2, 0) is 22.7 Å². The zero-order chi connectivity index (χ0) is 25.5. The van der Waals surface area contributed by atoms with Gasteiger partial charge in [-0.1, -0.05) is 40.2 Å². The zero-order valence-corrected chi connectivity index (χ0v) is 21.2. The molecule has 1 aromatic heterocycles. The number of benzene rings is 3. The van der Waals surface area contributed by atoms with Crippen molar-refractivity contribution in [2.75, 3.05) is 4.31 Å². The standard InChI is InChI=1S/C24H16BrF4NO3S2/c1-14(31)22-18-4-2-3-5-21(18)34-23(22)30(35(32,33)17-9-7-16(25)8-10-17)13-15-6-11-20(26)19(12-15)24(27,28)29/h2-12H,13H2,1H3. The van der Waals surface area contributed by atoms with E-state index in [0.717, 1.165) is 21.7 Å². The Bertz CT molecular complexity index is 1530. The van der Waals surface area contributed by atoms with Crippen LogP contribution in [0, 0.1) is 5.82 Å². The lowest BCUT2D eigenvalue weighted by molar-refractivity contribution is -0.140. The maximum atomic E-state index is 13.9. The van der Waals surface area contributed by atoms with Crippen molar-refractivity contribution in [1.29, 1.82) is 0 Å². The van der Waals surface area contributed by atoms with Gasteiger partial charge in [-0.3, -0.25) is 9.10 Å². The molecule has 0 amide bonds. The smallest absolute Gasteiger partial charge is 0.294 e. The number of rotatable bonds is 6. The summed E-state index contributed by atoms with van der Waals surface area (Å²) >= 11 is 4.28. The topological polar surface area (TPSA) is 54.5 Å². The minimum atomic E-state index is -4.96. The van der Waals surface area contributed by atoms with Gasteiger partial charge in [-0.15, -0.1) is 11.3 Å². The number of ketones is 1. The maximum Gasteiger partial charge on any atom is 0.419 e. The Hall–Kier alpha value is -2.76. The average molecular weight is 586 g/mol. The van der Waals surface area contributed by atoms with E-state index in [-0.39, 0.29) is 21.0 Å². The van der Waals surface area contributed by atoms with Gasteiger partial charge in [-0.25, -0.2) is 12.8 Å². The summed E-state index contributed by atoms with van der Waals surface area (Å²) in [6.45, 7) is 0.747. The second-order valence-electron chi connectivity index (χ2n) is 7.61. The number of Topliss-reactive ketones (excluding diaryl/α,β-unsaturated/α-hetero) is 1. The number of hydrogen-bond acceptors (Lipinski definition) is 4. The second-order valence-corrected chi connectivity index (χ2v) is 11.4. The van der Waals surface area contributed by atoms with Crippen molar-refractivity contribution in [2.45, 2.75) is 24.5 Å². The zero-order valence-electron chi connectivity index (χ0n) is 17.9. The number of anilines is 1. The summed E-state index contributed by atoms with van der Waals surface area (Å²) in [5.74, 6) is -1.86. The fourth-order valence-corrected chi connectivity index (χ4v) is 6.79. The minimum absolute atomic E-state index is 0.0690. The van der Waals surface area contributed by atoms with Gasteiger partial charge in [0.25, 0.3) is 10.0 Å². The highest BCUT2D eigenvalue weighted by Crippen LogP contribution is 2.42. The summed E-state index contributed by atoms with van der Waals surface area (Å²) in [5, 5.41) is 0.602. The van der Waals surface area contributed by atoms with Crippen molar-refractivity contribution >= 4 is 58.2 Å². The molecule has 0 saturated carbocycles. The number of halogens is 5. The van der Waals surface area contributed by atoms with Crippen LogP contribution in [0.15, 0.2) is 76.1 Å². The molecule has 0 aliphatic heterocycles. The van der Waals surface area contributed by atoms with Crippen LogP contribution in [0.2, 0.25) is 0 Å². The van der Waals surface area contributed by atoms with Crippen LogP contribution in [0.5, 0.6) is 0 Å². The third-order valence-corrected chi connectivity index (χ3v) is 8.82. The third-order valence-electron chi connectivity index (χ3n) is 5.22. The number of alkyl halides is 3. The van der Waals surface area contributed by atoms with Crippen molar-refractivity contribution in [3.05, 3.63) is 93.7 Å². The van der Waals surface area contributed by atoms with E-state index >= 15 is 0 Å². The van der Waals surface area contributed by atoms with E-state index in [2.05, 4.69) is 15.9 Å². The van der Waals surface area contributed by atoms with E-state index in [1.807, 2.05) is 0 Å². The number of carbonyl (C=O) groups is 1. The molecular weight excluding hydrogens is 570 g/mol. The Morgan fingerprint density at radius 3 is 2.31 bits per heavy atom. The highest BCUT2D eigenvalue weighted by Gasteiger charge is 2.35. The molecule has 0 radical (unpaired) electrons. The van der Waals surface area contributed by atoms with Crippen molar-refractivity contribution in [3.63, 3.8) is 0 Å². The van der Waals surface area contributed by atoms with Gasteiger partial charge in [0.2, 0.25) is 0 Å². The molecule has 0 spiro atoms.